The van der Waals surface area contributed by atoms with E-state index in [1.807, 2.05) is 0 Å². The molecule has 3 atom stereocenters. The minimum Gasteiger partial charge on any atom is -0.313 e. The third-order valence-electron chi connectivity index (χ3n) is 4.10. The summed E-state index contributed by atoms with van der Waals surface area (Å²) in [5.41, 5.74) is 0. The molecule has 2 aliphatic rings. The maximum Gasteiger partial charge on any atom is 0.0226 e. The number of piperidine rings is 1. The van der Waals surface area contributed by atoms with Crippen molar-refractivity contribution in [2.75, 3.05) is 33.7 Å². The van der Waals surface area contributed by atoms with Gasteiger partial charge in [0.15, 0.2) is 0 Å². The summed E-state index contributed by atoms with van der Waals surface area (Å²) in [7, 11) is 4.38. The molecule has 0 aromatic rings. The Kier molecular flexibility index (Phi) is 4.22. The first-order valence-corrected chi connectivity index (χ1v) is 6.80. The first kappa shape index (κ1) is 12.3. The number of likely N-dealkylation sites (tertiary alicyclic amines) is 1. The highest BCUT2D eigenvalue weighted by Gasteiger charge is 2.32. The standard InChI is InChI=1S/C13H27N3/c1-11-6-7-12(9-14-11)16-8-4-5-13(16)10-15(2)3/h11-14H,4-10H2,1-3H3. The van der Waals surface area contributed by atoms with Crippen LogP contribution in [0, 0.1) is 0 Å². The zero-order valence-corrected chi connectivity index (χ0v) is 11.1. The lowest BCUT2D eigenvalue weighted by Crippen LogP contribution is -2.52. The molecular formula is C13H27N3. The predicted molar refractivity (Wildman–Crippen MR) is 68.8 cm³/mol. The second-order valence-electron chi connectivity index (χ2n) is 5.84. The maximum atomic E-state index is 3.63. The molecular weight excluding hydrogens is 198 g/mol. The van der Waals surface area contributed by atoms with Gasteiger partial charge in [-0.25, -0.2) is 0 Å². The van der Waals surface area contributed by atoms with E-state index in [0.29, 0.717) is 0 Å². The van der Waals surface area contributed by atoms with Gasteiger partial charge in [0.1, 0.15) is 0 Å². The van der Waals surface area contributed by atoms with Gasteiger partial charge >= 0.3 is 0 Å². The Labute approximate surface area is 100 Å². The van der Waals surface area contributed by atoms with Crippen molar-refractivity contribution < 1.29 is 0 Å². The van der Waals surface area contributed by atoms with Crippen LogP contribution in [0.5, 0.6) is 0 Å². The van der Waals surface area contributed by atoms with Gasteiger partial charge in [0.05, 0.1) is 0 Å². The molecule has 1 N–H and O–H groups in total. The number of nitrogens with zero attached hydrogens (tertiary/aromatic N) is 2. The third-order valence-corrected chi connectivity index (χ3v) is 4.10. The van der Waals surface area contributed by atoms with Crippen LogP contribution in [0.3, 0.4) is 0 Å². The van der Waals surface area contributed by atoms with Crippen LogP contribution in [-0.4, -0.2) is 61.7 Å². The Balaban J connectivity index is 1.87. The van der Waals surface area contributed by atoms with Gasteiger partial charge in [-0.15, -0.1) is 0 Å². The molecule has 0 aromatic heterocycles. The monoisotopic (exact) mass is 225 g/mol. The molecule has 2 fully saturated rings. The second-order valence-corrected chi connectivity index (χ2v) is 5.84. The smallest absolute Gasteiger partial charge is 0.0226 e. The Morgan fingerprint density at radius 2 is 2.06 bits per heavy atom. The van der Waals surface area contributed by atoms with Gasteiger partial charge in [-0.05, 0) is 53.2 Å². The normalized spacial score (nSPS) is 37.1. The quantitative estimate of drug-likeness (QED) is 0.777. The van der Waals surface area contributed by atoms with E-state index in [1.54, 1.807) is 0 Å². The largest absolute Gasteiger partial charge is 0.313 e. The van der Waals surface area contributed by atoms with E-state index < -0.39 is 0 Å². The minimum absolute atomic E-state index is 0.728. The Morgan fingerprint density at radius 1 is 1.25 bits per heavy atom. The summed E-state index contributed by atoms with van der Waals surface area (Å²) in [6.45, 7) is 6.05. The average molecular weight is 225 g/mol. The van der Waals surface area contributed by atoms with Crippen molar-refractivity contribution in [2.45, 2.75) is 50.7 Å². The van der Waals surface area contributed by atoms with Crippen molar-refractivity contribution in [2.24, 2.45) is 0 Å². The molecule has 0 bridgehead atoms. The Hall–Kier alpha value is -0.120. The lowest BCUT2D eigenvalue weighted by Gasteiger charge is -2.38. The summed E-state index contributed by atoms with van der Waals surface area (Å²) < 4.78 is 0. The molecule has 2 aliphatic heterocycles. The maximum absolute atomic E-state index is 3.63. The highest BCUT2D eigenvalue weighted by molar-refractivity contribution is 4.90. The van der Waals surface area contributed by atoms with Gasteiger partial charge in [-0.2, -0.15) is 0 Å². The van der Waals surface area contributed by atoms with Gasteiger partial charge in [0.2, 0.25) is 0 Å². The summed E-state index contributed by atoms with van der Waals surface area (Å²) in [6, 6.07) is 2.32. The summed E-state index contributed by atoms with van der Waals surface area (Å²) >= 11 is 0. The number of hydrogen-bond acceptors (Lipinski definition) is 3. The molecule has 0 amide bonds. The van der Waals surface area contributed by atoms with Crippen LogP contribution in [-0.2, 0) is 0 Å². The molecule has 2 rings (SSSR count). The second kappa shape index (κ2) is 5.48. The molecule has 0 aromatic carbocycles. The Bertz CT molecular complexity index is 209. The van der Waals surface area contributed by atoms with E-state index in [-0.39, 0.29) is 0 Å². The van der Waals surface area contributed by atoms with Crippen LogP contribution >= 0.6 is 0 Å². The van der Waals surface area contributed by atoms with Crippen molar-refractivity contribution in [3.8, 4) is 0 Å². The van der Waals surface area contributed by atoms with Crippen LogP contribution in [0.4, 0.5) is 0 Å². The fourth-order valence-electron chi connectivity index (χ4n) is 3.22. The Morgan fingerprint density at radius 3 is 2.69 bits per heavy atom. The van der Waals surface area contributed by atoms with Crippen LogP contribution in [0.2, 0.25) is 0 Å². The molecule has 3 heteroatoms. The number of nitrogens with one attached hydrogen (secondary N) is 1. The summed E-state index contributed by atoms with van der Waals surface area (Å²) in [5.74, 6) is 0. The summed E-state index contributed by atoms with van der Waals surface area (Å²) in [4.78, 5) is 5.10. The fourth-order valence-corrected chi connectivity index (χ4v) is 3.22. The van der Waals surface area contributed by atoms with Crippen molar-refractivity contribution in [1.29, 1.82) is 0 Å². The lowest BCUT2D eigenvalue weighted by molar-refractivity contribution is 0.123. The van der Waals surface area contributed by atoms with E-state index in [9.17, 15) is 0 Å². The average Bonchev–Trinajstić information content (AvgIpc) is 2.66. The van der Waals surface area contributed by atoms with Crippen LogP contribution in [0.15, 0.2) is 0 Å². The zero-order valence-electron chi connectivity index (χ0n) is 11.1. The highest BCUT2D eigenvalue weighted by Crippen LogP contribution is 2.24. The molecule has 3 nitrogen and oxygen atoms in total. The summed E-state index contributed by atoms with van der Waals surface area (Å²) in [6.07, 6.45) is 5.52. The molecule has 2 saturated heterocycles. The molecule has 0 spiro atoms. The molecule has 0 radical (unpaired) electrons. The summed E-state index contributed by atoms with van der Waals surface area (Å²) in [5, 5.41) is 3.63. The van der Waals surface area contributed by atoms with E-state index >= 15 is 0 Å². The van der Waals surface area contributed by atoms with Crippen LogP contribution in [0.25, 0.3) is 0 Å². The van der Waals surface area contributed by atoms with Gasteiger partial charge in [-0.1, -0.05) is 0 Å². The fraction of sp³-hybridized carbons (Fsp3) is 1.00. The van der Waals surface area contributed by atoms with Gasteiger partial charge in [0, 0.05) is 31.2 Å². The number of likely N-dealkylation sites (N-methyl/N-ethyl adjacent to an activating group) is 1. The highest BCUT2D eigenvalue weighted by atomic mass is 15.3. The number of hydrogen-bond donors (Lipinski definition) is 1. The van der Waals surface area contributed by atoms with Crippen molar-refractivity contribution in [3.05, 3.63) is 0 Å². The molecule has 0 aliphatic carbocycles. The molecule has 16 heavy (non-hydrogen) atoms. The van der Waals surface area contributed by atoms with Gasteiger partial charge in [0.25, 0.3) is 0 Å². The first-order chi connectivity index (χ1) is 7.66. The van der Waals surface area contributed by atoms with Crippen molar-refractivity contribution >= 4 is 0 Å². The van der Waals surface area contributed by atoms with Crippen LogP contribution in [0.1, 0.15) is 32.6 Å². The molecule has 0 saturated carbocycles. The van der Waals surface area contributed by atoms with Crippen LogP contribution < -0.4 is 5.32 Å². The molecule has 3 unspecified atom stereocenters. The zero-order chi connectivity index (χ0) is 11.5. The SMILES string of the molecule is CC1CCC(N2CCCC2CN(C)C)CN1. The van der Waals surface area contributed by atoms with Gasteiger partial charge < -0.3 is 10.2 Å². The van der Waals surface area contributed by atoms with E-state index in [4.69, 9.17) is 0 Å². The topological polar surface area (TPSA) is 18.5 Å². The van der Waals surface area contributed by atoms with E-state index in [2.05, 4.69) is 36.1 Å². The molecule has 2 heterocycles. The third kappa shape index (κ3) is 2.96. The lowest BCUT2D eigenvalue weighted by atomic mass is 10.00. The van der Waals surface area contributed by atoms with E-state index in [0.717, 1.165) is 18.1 Å². The number of rotatable bonds is 3. The van der Waals surface area contributed by atoms with Crippen molar-refractivity contribution in [3.63, 3.8) is 0 Å². The van der Waals surface area contributed by atoms with Gasteiger partial charge in [-0.3, -0.25) is 4.90 Å². The predicted octanol–water partition coefficient (Wildman–Crippen LogP) is 1.15. The minimum atomic E-state index is 0.728. The molecule has 94 valence electrons. The first-order valence-electron chi connectivity index (χ1n) is 6.80. The van der Waals surface area contributed by atoms with E-state index in [1.165, 1.54) is 45.3 Å². The van der Waals surface area contributed by atoms with Crippen molar-refractivity contribution in [1.82, 2.24) is 15.1 Å².